The summed E-state index contributed by atoms with van der Waals surface area (Å²) in [7, 11) is 0. The van der Waals surface area contributed by atoms with Gasteiger partial charge in [0.05, 0.1) is 16.9 Å². The predicted octanol–water partition coefficient (Wildman–Crippen LogP) is 1.70. The van der Waals surface area contributed by atoms with Crippen LogP contribution in [0.2, 0.25) is 10.2 Å². The van der Waals surface area contributed by atoms with Crippen LogP contribution in [0.5, 0.6) is 5.88 Å². The molecule has 8 nitrogen and oxygen atoms in total. The summed E-state index contributed by atoms with van der Waals surface area (Å²) in [4.78, 5) is 44.6. The number of nitrogens with zero attached hydrogens (tertiary/aromatic N) is 2. The summed E-state index contributed by atoms with van der Waals surface area (Å²) in [6.07, 6.45) is 2.57. The fraction of sp³-hybridized carbons (Fsp3) is 0.0833. The van der Waals surface area contributed by atoms with Crippen LogP contribution in [-0.4, -0.2) is 32.0 Å². The molecular weight excluding hydrogens is 337 g/mol. The topological polar surface area (TPSA) is 122 Å². The number of pyridine rings is 1. The maximum absolute atomic E-state index is 12.1. The predicted molar refractivity (Wildman–Crippen MR) is 75.8 cm³/mol. The molecule has 0 atom stereocenters. The lowest BCUT2D eigenvalue weighted by Gasteiger charge is -2.08. The summed E-state index contributed by atoms with van der Waals surface area (Å²) in [5.74, 6) is -3.01. The number of H-pyrrole nitrogens is 1. The monoisotopic (exact) mass is 343 g/mol. The minimum absolute atomic E-state index is 0.172. The van der Waals surface area contributed by atoms with E-state index < -0.39 is 33.6 Å². The number of aryl methyl sites for hydroxylation is 1. The Morgan fingerprint density at radius 3 is 2.55 bits per heavy atom. The molecule has 2 aromatic rings. The Morgan fingerprint density at radius 1 is 1.27 bits per heavy atom. The van der Waals surface area contributed by atoms with Crippen molar-refractivity contribution < 1.29 is 19.4 Å². The second-order valence-corrected chi connectivity index (χ2v) is 4.78. The maximum Gasteiger partial charge on any atom is 0.347 e. The molecule has 0 amide bonds. The summed E-state index contributed by atoms with van der Waals surface area (Å²) in [5, 5.41) is 8.25. The number of hydrogen-bond donors (Lipinski definition) is 2. The summed E-state index contributed by atoms with van der Waals surface area (Å²) < 4.78 is 4.89. The van der Waals surface area contributed by atoms with Gasteiger partial charge in [0.1, 0.15) is 16.3 Å². The van der Waals surface area contributed by atoms with Crippen LogP contribution < -0.4 is 10.3 Å². The normalized spacial score (nSPS) is 10.3. The average molecular weight is 344 g/mol. The maximum atomic E-state index is 12.1. The molecule has 2 heterocycles. The van der Waals surface area contributed by atoms with Crippen LogP contribution in [0.15, 0.2) is 17.2 Å². The Kier molecular flexibility index (Phi) is 4.43. The number of esters is 1. The van der Waals surface area contributed by atoms with Crippen molar-refractivity contribution in [2.24, 2.45) is 0 Å². The summed E-state index contributed by atoms with van der Waals surface area (Å²) in [6, 6.07) is 0. The number of carbonyl (C=O) groups is 2. The van der Waals surface area contributed by atoms with Gasteiger partial charge in [0.25, 0.3) is 5.56 Å². The molecule has 0 bridgehead atoms. The quantitative estimate of drug-likeness (QED) is 0.642. The molecule has 0 aliphatic heterocycles. The number of carboxylic acid groups (broad SMARTS) is 1. The van der Waals surface area contributed by atoms with E-state index in [2.05, 4.69) is 9.97 Å². The highest BCUT2D eigenvalue weighted by Crippen LogP contribution is 2.25. The second kappa shape index (κ2) is 6.12. The van der Waals surface area contributed by atoms with Crippen molar-refractivity contribution in [1.29, 1.82) is 0 Å². The highest BCUT2D eigenvalue weighted by molar-refractivity contribution is 6.43. The number of halogens is 2. The molecule has 0 aliphatic carbocycles. The zero-order chi connectivity index (χ0) is 16.4. The number of carboxylic acids is 1. The molecule has 0 aliphatic rings. The number of rotatable bonds is 3. The number of carbonyl (C=O) groups excluding carboxylic acids is 1. The third kappa shape index (κ3) is 3.07. The van der Waals surface area contributed by atoms with Gasteiger partial charge in [-0.25, -0.2) is 14.6 Å². The molecule has 10 heteroatoms. The molecule has 0 saturated carbocycles. The van der Waals surface area contributed by atoms with Crippen molar-refractivity contribution in [2.75, 3.05) is 0 Å². The van der Waals surface area contributed by atoms with E-state index in [1.54, 1.807) is 6.92 Å². The zero-order valence-corrected chi connectivity index (χ0v) is 12.4. The minimum Gasteiger partial charge on any atom is -0.477 e. The molecule has 0 fully saturated rings. The van der Waals surface area contributed by atoms with Crippen LogP contribution in [0.3, 0.4) is 0 Å². The largest absolute Gasteiger partial charge is 0.477 e. The van der Waals surface area contributed by atoms with Gasteiger partial charge >= 0.3 is 11.9 Å². The van der Waals surface area contributed by atoms with Crippen molar-refractivity contribution >= 4 is 35.1 Å². The van der Waals surface area contributed by atoms with Crippen molar-refractivity contribution in [3.63, 3.8) is 0 Å². The molecule has 2 aromatic heterocycles. The van der Waals surface area contributed by atoms with E-state index in [0.717, 1.165) is 6.20 Å². The van der Waals surface area contributed by atoms with E-state index in [4.69, 9.17) is 33.0 Å². The molecule has 22 heavy (non-hydrogen) atoms. The third-order valence-electron chi connectivity index (χ3n) is 2.46. The lowest BCUT2D eigenvalue weighted by atomic mass is 10.1. The van der Waals surface area contributed by atoms with Gasteiger partial charge in [0.15, 0.2) is 0 Å². The highest BCUT2D eigenvalue weighted by Gasteiger charge is 2.28. The van der Waals surface area contributed by atoms with Gasteiger partial charge in [-0.2, -0.15) is 0 Å². The van der Waals surface area contributed by atoms with Crippen LogP contribution in [0.4, 0.5) is 0 Å². The standard InChI is InChI=1S/C12H7Cl2N3O5/c1-4-2-15-3-5(16-4)22-12(21)6-7(11(19)20)10(18)17-9(14)8(6)13/h2-3H,1H3,(H,17,18)(H,19,20). The number of ether oxygens (including phenoxy) is 1. The Bertz CT molecular complexity index is 834. The first kappa shape index (κ1) is 15.9. The van der Waals surface area contributed by atoms with Crippen molar-refractivity contribution in [3.05, 3.63) is 49.7 Å². The lowest BCUT2D eigenvalue weighted by Crippen LogP contribution is -2.25. The van der Waals surface area contributed by atoms with E-state index in [0.29, 0.717) is 5.69 Å². The van der Waals surface area contributed by atoms with Gasteiger partial charge in [0, 0.05) is 6.20 Å². The summed E-state index contributed by atoms with van der Waals surface area (Å²) in [5.41, 5.74) is -2.14. The van der Waals surface area contributed by atoms with Gasteiger partial charge in [-0.1, -0.05) is 23.2 Å². The Balaban J connectivity index is 2.54. The summed E-state index contributed by atoms with van der Waals surface area (Å²) in [6.45, 7) is 1.62. The molecular formula is C12H7Cl2N3O5. The zero-order valence-electron chi connectivity index (χ0n) is 10.9. The van der Waals surface area contributed by atoms with Gasteiger partial charge in [-0.3, -0.25) is 9.78 Å². The smallest absolute Gasteiger partial charge is 0.347 e. The average Bonchev–Trinajstić information content (AvgIpc) is 2.41. The Hall–Kier alpha value is -2.45. The number of aromatic carboxylic acids is 1. The van der Waals surface area contributed by atoms with Gasteiger partial charge in [-0.05, 0) is 6.92 Å². The lowest BCUT2D eigenvalue weighted by molar-refractivity contribution is 0.0663. The van der Waals surface area contributed by atoms with Crippen LogP contribution in [0.1, 0.15) is 26.4 Å². The van der Waals surface area contributed by atoms with E-state index >= 15 is 0 Å². The third-order valence-corrected chi connectivity index (χ3v) is 3.22. The Labute approximate surface area is 132 Å². The van der Waals surface area contributed by atoms with Gasteiger partial charge in [0.2, 0.25) is 5.88 Å². The van der Waals surface area contributed by atoms with E-state index in [9.17, 15) is 14.4 Å². The molecule has 0 saturated heterocycles. The number of aromatic nitrogens is 3. The highest BCUT2D eigenvalue weighted by atomic mass is 35.5. The second-order valence-electron chi connectivity index (χ2n) is 4.03. The van der Waals surface area contributed by atoms with E-state index in [-0.39, 0.29) is 11.0 Å². The van der Waals surface area contributed by atoms with Gasteiger partial charge < -0.3 is 14.8 Å². The fourth-order valence-electron chi connectivity index (χ4n) is 1.58. The van der Waals surface area contributed by atoms with Crippen molar-refractivity contribution in [2.45, 2.75) is 6.92 Å². The SMILES string of the molecule is Cc1cncc(OC(=O)c2c(Cl)c(Cl)[nH]c(=O)c2C(=O)O)n1. The first-order chi connectivity index (χ1) is 10.3. The molecule has 114 valence electrons. The summed E-state index contributed by atoms with van der Waals surface area (Å²) >= 11 is 11.5. The van der Waals surface area contributed by atoms with E-state index in [1.807, 2.05) is 4.98 Å². The van der Waals surface area contributed by atoms with Crippen LogP contribution in [0.25, 0.3) is 0 Å². The van der Waals surface area contributed by atoms with Crippen molar-refractivity contribution in [1.82, 2.24) is 15.0 Å². The fourth-order valence-corrected chi connectivity index (χ4v) is 1.98. The molecule has 0 unspecified atom stereocenters. The van der Waals surface area contributed by atoms with Crippen LogP contribution in [0, 0.1) is 6.92 Å². The van der Waals surface area contributed by atoms with E-state index in [1.165, 1.54) is 6.20 Å². The van der Waals surface area contributed by atoms with Gasteiger partial charge in [-0.15, -0.1) is 0 Å². The van der Waals surface area contributed by atoms with Crippen LogP contribution >= 0.6 is 23.2 Å². The number of nitrogens with one attached hydrogen (secondary N) is 1. The first-order valence-corrected chi connectivity index (χ1v) is 6.42. The molecule has 2 rings (SSSR count). The number of hydrogen-bond acceptors (Lipinski definition) is 6. The Morgan fingerprint density at radius 2 is 1.95 bits per heavy atom. The first-order valence-electron chi connectivity index (χ1n) is 5.66. The van der Waals surface area contributed by atoms with Crippen molar-refractivity contribution in [3.8, 4) is 5.88 Å². The van der Waals surface area contributed by atoms with Crippen LogP contribution in [-0.2, 0) is 0 Å². The number of aromatic amines is 1. The molecule has 0 radical (unpaired) electrons. The minimum atomic E-state index is -1.65. The molecule has 0 aromatic carbocycles. The molecule has 0 spiro atoms. The molecule has 2 N–H and O–H groups in total.